The molecule has 0 saturated carbocycles. The number of hydrogen-bond acceptors (Lipinski definition) is 4. The highest BCUT2D eigenvalue weighted by Crippen LogP contribution is 2.13. The molecule has 0 unspecified atom stereocenters. The van der Waals surface area contributed by atoms with Crippen LogP contribution in [-0.2, 0) is 11.3 Å². The quantitative estimate of drug-likeness (QED) is 0.504. The molecular weight excluding hydrogens is 362 g/mol. The smallest absolute Gasteiger partial charge is 0.419 e. The van der Waals surface area contributed by atoms with Gasteiger partial charge in [-0.3, -0.25) is 4.57 Å². The molecule has 0 amide bonds. The van der Waals surface area contributed by atoms with Crippen LogP contribution in [0.25, 0.3) is 11.1 Å². The van der Waals surface area contributed by atoms with Crippen molar-refractivity contribution in [3.8, 4) is 0 Å². The fraction of sp³-hybridized carbons (Fsp3) is 0.176. The maximum Gasteiger partial charge on any atom is 0.419 e. The molecule has 0 atom stereocenters. The van der Waals surface area contributed by atoms with Crippen LogP contribution in [0, 0.1) is 0 Å². The van der Waals surface area contributed by atoms with Gasteiger partial charge in [0.2, 0.25) is 0 Å². The maximum atomic E-state index is 11.9. The molecule has 1 heterocycles. The number of aryl methyl sites for hydroxylation is 1. The Labute approximate surface area is 140 Å². The Morgan fingerprint density at radius 2 is 2.00 bits per heavy atom. The van der Waals surface area contributed by atoms with Gasteiger partial charge in [-0.15, -0.1) is 0 Å². The predicted octanol–water partition coefficient (Wildman–Crippen LogP) is 3.60. The van der Waals surface area contributed by atoms with Crippen molar-refractivity contribution in [1.82, 2.24) is 4.57 Å². The lowest BCUT2D eigenvalue weighted by Gasteiger charge is -2.05. The van der Waals surface area contributed by atoms with Gasteiger partial charge >= 0.3 is 11.7 Å². The Morgan fingerprint density at radius 3 is 2.83 bits per heavy atom. The molecule has 0 aliphatic carbocycles. The summed E-state index contributed by atoms with van der Waals surface area (Å²) < 4.78 is 12.7. The lowest BCUT2D eigenvalue weighted by molar-refractivity contribution is 0.0496. The van der Waals surface area contributed by atoms with E-state index in [4.69, 9.17) is 9.15 Å². The SMILES string of the molecule is O=C(OCCCn1c(=O)oc2ccccc21)c1cccc(Br)c1. The lowest BCUT2D eigenvalue weighted by atomic mass is 10.2. The molecule has 3 aromatic rings. The third-order valence-corrected chi connectivity index (χ3v) is 3.89. The number of fused-ring (bicyclic) bond motifs is 1. The Balaban J connectivity index is 1.58. The molecule has 5 nitrogen and oxygen atoms in total. The number of nitrogens with zero attached hydrogens (tertiary/aromatic N) is 1. The Kier molecular flexibility index (Phi) is 4.62. The molecule has 0 radical (unpaired) electrons. The number of ether oxygens (including phenoxy) is 1. The van der Waals surface area contributed by atoms with Gasteiger partial charge in [-0.1, -0.05) is 34.1 Å². The van der Waals surface area contributed by atoms with Crippen LogP contribution >= 0.6 is 15.9 Å². The molecule has 118 valence electrons. The first-order valence-corrected chi connectivity index (χ1v) is 7.95. The van der Waals surface area contributed by atoms with Crippen molar-refractivity contribution in [2.45, 2.75) is 13.0 Å². The van der Waals surface area contributed by atoms with E-state index in [9.17, 15) is 9.59 Å². The van der Waals surface area contributed by atoms with Crippen LogP contribution in [0.2, 0.25) is 0 Å². The molecule has 0 aliphatic rings. The Morgan fingerprint density at radius 1 is 1.17 bits per heavy atom. The molecule has 0 aliphatic heterocycles. The fourth-order valence-corrected chi connectivity index (χ4v) is 2.71. The van der Waals surface area contributed by atoms with Crippen LogP contribution in [0.3, 0.4) is 0 Å². The molecule has 2 aromatic carbocycles. The third-order valence-electron chi connectivity index (χ3n) is 3.39. The van der Waals surface area contributed by atoms with E-state index >= 15 is 0 Å². The summed E-state index contributed by atoms with van der Waals surface area (Å²) in [5, 5.41) is 0. The van der Waals surface area contributed by atoms with Crippen LogP contribution in [0.15, 0.2) is 62.2 Å². The van der Waals surface area contributed by atoms with Gasteiger partial charge in [0.25, 0.3) is 0 Å². The first-order valence-electron chi connectivity index (χ1n) is 7.16. The summed E-state index contributed by atoms with van der Waals surface area (Å²) in [6.45, 7) is 0.666. The van der Waals surface area contributed by atoms with Crippen LogP contribution in [0.5, 0.6) is 0 Å². The average Bonchev–Trinajstić information content (AvgIpc) is 2.87. The molecule has 0 N–H and O–H groups in total. The van der Waals surface area contributed by atoms with E-state index in [2.05, 4.69) is 15.9 Å². The number of aromatic nitrogens is 1. The molecule has 0 spiro atoms. The highest BCUT2D eigenvalue weighted by atomic mass is 79.9. The standard InChI is InChI=1S/C17H14BrNO4/c18-13-6-3-5-12(11-13)16(20)22-10-4-9-19-14-7-1-2-8-15(14)23-17(19)21/h1-3,5-8,11H,4,9-10H2. The molecule has 3 rings (SSSR count). The van der Waals surface area contributed by atoms with Gasteiger partial charge < -0.3 is 9.15 Å². The van der Waals surface area contributed by atoms with Crippen LogP contribution in [0.4, 0.5) is 0 Å². The van der Waals surface area contributed by atoms with Gasteiger partial charge in [0.1, 0.15) is 0 Å². The van der Waals surface area contributed by atoms with Gasteiger partial charge in [-0.05, 0) is 36.8 Å². The number of carbonyl (C=O) groups is 1. The highest BCUT2D eigenvalue weighted by Gasteiger charge is 2.10. The number of carbonyl (C=O) groups excluding carboxylic acids is 1. The number of halogens is 1. The van der Waals surface area contributed by atoms with Crippen molar-refractivity contribution >= 4 is 33.0 Å². The van der Waals surface area contributed by atoms with Crippen molar-refractivity contribution in [2.24, 2.45) is 0 Å². The summed E-state index contributed by atoms with van der Waals surface area (Å²) in [7, 11) is 0. The molecule has 0 saturated heterocycles. The minimum Gasteiger partial charge on any atom is -0.462 e. The van der Waals surface area contributed by atoms with Crippen LogP contribution in [0.1, 0.15) is 16.8 Å². The fourth-order valence-electron chi connectivity index (χ4n) is 2.31. The zero-order valence-electron chi connectivity index (χ0n) is 12.2. The number of hydrogen-bond donors (Lipinski definition) is 0. The number of para-hydroxylation sites is 2. The zero-order chi connectivity index (χ0) is 16.2. The second kappa shape index (κ2) is 6.83. The Hall–Kier alpha value is -2.34. The first-order chi connectivity index (χ1) is 11.1. The van der Waals surface area contributed by atoms with E-state index in [0.29, 0.717) is 24.1 Å². The molecule has 23 heavy (non-hydrogen) atoms. The van der Waals surface area contributed by atoms with Gasteiger partial charge in [0.15, 0.2) is 5.58 Å². The Bertz CT molecular complexity index is 897. The molecular formula is C17H14BrNO4. The molecule has 0 fully saturated rings. The minimum absolute atomic E-state index is 0.233. The number of oxazole rings is 1. The van der Waals surface area contributed by atoms with Crippen molar-refractivity contribution in [1.29, 1.82) is 0 Å². The van der Waals surface area contributed by atoms with E-state index in [1.54, 1.807) is 28.8 Å². The van der Waals surface area contributed by atoms with E-state index < -0.39 is 5.76 Å². The van der Waals surface area contributed by atoms with Gasteiger partial charge in [-0.2, -0.15) is 0 Å². The summed E-state index contributed by atoms with van der Waals surface area (Å²) in [4.78, 5) is 23.7. The van der Waals surface area contributed by atoms with Crippen molar-refractivity contribution in [3.05, 3.63) is 69.1 Å². The highest BCUT2D eigenvalue weighted by molar-refractivity contribution is 9.10. The van der Waals surface area contributed by atoms with Gasteiger partial charge in [0.05, 0.1) is 17.7 Å². The van der Waals surface area contributed by atoms with Crippen molar-refractivity contribution < 1.29 is 13.9 Å². The average molecular weight is 376 g/mol. The topological polar surface area (TPSA) is 61.4 Å². The maximum absolute atomic E-state index is 11.9. The minimum atomic E-state index is -0.399. The van der Waals surface area contributed by atoms with E-state index in [1.807, 2.05) is 24.3 Å². The number of rotatable bonds is 5. The van der Waals surface area contributed by atoms with Gasteiger partial charge in [-0.25, -0.2) is 9.59 Å². The second-order valence-electron chi connectivity index (χ2n) is 4.99. The van der Waals surface area contributed by atoms with E-state index in [0.717, 1.165) is 9.99 Å². The molecule has 1 aromatic heterocycles. The van der Waals surface area contributed by atoms with Crippen LogP contribution in [-0.4, -0.2) is 17.1 Å². The summed E-state index contributed by atoms with van der Waals surface area (Å²) in [6, 6.07) is 14.3. The van der Waals surface area contributed by atoms with E-state index in [-0.39, 0.29) is 12.6 Å². The number of benzene rings is 2. The first kappa shape index (κ1) is 15.6. The second-order valence-corrected chi connectivity index (χ2v) is 5.90. The normalized spacial score (nSPS) is 10.8. The molecule has 6 heteroatoms. The summed E-state index contributed by atoms with van der Waals surface area (Å²) in [5.41, 5.74) is 1.80. The zero-order valence-corrected chi connectivity index (χ0v) is 13.8. The summed E-state index contributed by atoms with van der Waals surface area (Å²) in [6.07, 6.45) is 0.531. The summed E-state index contributed by atoms with van der Waals surface area (Å²) in [5.74, 6) is -0.778. The van der Waals surface area contributed by atoms with E-state index in [1.165, 1.54) is 0 Å². The van der Waals surface area contributed by atoms with Crippen molar-refractivity contribution in [3.63, 3.8) is 0 Å². The van der Waals surface area contributed by atoms with Gasteiger partial charge in [0, 0.05) is 11.0 Å². The molecule has 0 bridgehead atoms. The largest absolute Gasteiger partial charge is 0.462 e. The number of esters is 1. The monoisotopic (exact) mass is 375 g/mol. The third kappa shape index (κ3) is 3.53. The predicted molar refractivity (Wildman–Crippen MR) is 89.5 cm³/mol. The van der Waals surface area contributed by atoms with Crippen molar-refractivity contribution in [2.75, 3.05) is 6.61 Å². The lowest BCUT2D eigenvalue weighted by Crippen LogP contribution is -2.16. The van der Waals surface area contributed by atoms with Crippen LogP contribution < -0.4 is 5.76 Å². The summed E-state index contributed by atoms with van der Waals surface area (Å²) >= 11 is 3.31.